The fourth-order valence-corrected chi connectivity index (χ4v) is 6.30. The Morgan fingerprint density at radius 2 is 1.15 bits per heavy atom. The van der Waals surface area contributed by atoms with Gasteiger partial charge in [0.05, 0.1) is 5.25 Å². The van der Waals surface area contributed by atoms with Gasteiger partial charge < -0.3 is 0 Å². The molecule has 2 saturated carbocycles. The molecular weight excluding hydrogens is 536 g/mol. The van der Waals surface area contributed by atoms with Crippen molar-refractivity contribution in [3.63, 3.8) is 0 Å². The minimum atomic E-state index is -0.205. The summed E-state index contributed by atoms with van der Waals surface area (Å²) < 4.78 is 0. The van der Waals surface area contributed by atoms with Crippen molar-refractivity contribution in [2.75, 3.05) is 25.6 Å². The third-order valence-electron chi connectivity index (χ3n) is 8.11. The van der Waals surface area contributed by atoms with Crippen molar-refractivity contribution < 1.29 is 28.8 Å². The molecule has 1 unspecified atom stereocenters. The number of likely N-dealkylation sites (tertiary alicyclic amines) is 1. The SMILES string of the molecule is C.CC(=O)C1CCC(CN2C(=O)C=CC2=O)CC1.CS.CSC1CC(=O)N(CC2CCC(C(C)=O)CC2)C1=O. The van der Waals surface area contributed by atoms with Gasteiger partial charge in [-0.15, -0.1) is 0 Å². The van der Waals surface area contributed by atoms with E-state index >= 15 is 0 Å². The van der Waals surface area contributed by atoms with Gasteiger partial charge in [-0.3, -0.25) is 38.6 Å². The highest BCUT2D eigenvalue weighted by Gasteiger charge is 2.39. The van der Waals surface area contributed by atoms with Crippen molar-refractivity contribution >= 4 is 59.6 Å². The maximum absolute atomic E-state index is 12.0. The molecule has 0 bridgehead atoms. The molecule has 3 fully saturated rings. The Labute approximate surface area is 243 Å². The molecule has 4 rings (SSSR count). The number of imide groups is 2. The second-order valence-electron chi connectivity index (χ2n) is 10.5. The Kier molecular flexibility index (Phi) is 15.3. The fourth-order valence-electron chi connectivity index (χ4n) is 5.66. The van der Waals surface area contributed by atoms with E-state index in [1.54, 1.807) is 20.1 Å². The zero-order chi connectivity index (χ0) is 28.4. The van der Waals surface area contributed by atoms with Crippen molar-refractivity contribution in [1.82, 2.24) is 9.80 Å². The summed E-state index contributed by atoms with van der Waals surface area (Å²) in [6, 6.07) is 0. The lowest BCUT2D eigenvalue weighted by Crippen LogP contribution is -2.37. The summed E-state index contributed by atoms with van der Waals surface area (Å²) in [5.41, 5.74) is 0. The quantitative estimate of drug-likeness (QED) is 0.351. The number of rotatable bonds is 7. The summed E-state index contributed by atoms with van der Waals surface area (Å²) in [4.78, 5) is 71.9. The highest BCUT2D eigenvalue weighted by atomic mass is 32.2. The van der Waals surface area contributed by atoms with Gasteiger partial charge in [0.25, 0.3) is 11.8 Å². The average molecular weight is 583 g/mol. The van der Waals surface area contributed by atoms with E-state index in [2.05, 4.69) is 12.6 Å². The topological polar surface area (TPSA) is 109 Å². The molecule has 39 heavy (non-hydrogen) atoms. The minimum absolute atomic E-state index is 0. The normalized spacial score (nSPS) is 28.3. The summed E-state index contributed by atoms with van der Waals surface area (Å²) in [5.74, 6) is 1.20. The molecule has 2 aliphatic heterocycles. The van der Waals surface area contributed by atoms with Crippen molar-refractivity contribution in [2.45, 2.75) is 84.3 Å². The van der Waals surface area contributed by atoms with E-state index in [0.29, 0.717) is 31.3 Å². The van der Waals surface area contributed by atoms with Crippen LogP contribution in [0.4, 0.5) is 0 Å². The molecule has 0 aromatic rings. The third kappa shape index (κ3) is 9.88. The van der Waals surface area contributed by atoms with E-state index in [9.17, 15) is 28.8 Å². The van der Waals surface area contributed by atoms with Gasteiger partial charge in [0.2, 0.25) is 11.8 Å². The first kappa shape index (κ1) is 35.1. The van der Waals surface area contributed by atoms with Crippen LogP contribution in [0.15, 0.2) is 12.2 Å². The van der Waals surface area contributed by atoms with Crippen LogP contribution in [0.5, 0.6) is 0 Å². The molecule has 10 heteroatoms. The first-order chi connectivity index (χ1) is 18.1. The lowest BCUT2D eigenvalue weighted by Gasteiger charge is -2.29. The molecule has 2 aliphatic carbocycles. The zero-order valence-corrected chi connectivity index (χ0v) is 24.7. The first-order valence-corrected chi connectivity index (χ1v) is 15.6. The Hall–Kier alpha value is -1.94. The van der Waals surface area contributed by atoms with Crippen molar-refractivity contribution in [1.29, 1.82) is 0 Å². The van der Waals surface area contributed by atoms with E-state index in [1.807, 2.05) is 6.26 Å². The maximum Gasteiger partial charge on any atom is 0.253 e. The predicted molar refractivity (Wildman–Crippen MR) is 158 cm³/mol. The van der Waals surface area contributed by atoms with Crippen LogP contribution in [0, 0.1) is 23.7 Å². The van der Waals surface area contributed by atoms with E-state index in [4.69, 9.17) is 0 Å². The van der Waals surface area contributed by atoms with E-state index in [-0.39, 0.29) is 59.7 Å². The van der Waals surface area contributed by atoms with Crippen LogP contribution in [-0.4, -0.2) is 75.8 Å². The first-order valence-electron chi connectivity index (χ1n) is 13.5. The van der Waals surface area contributed by atoms with Gasteiger partial charge >= 0.3 is 0 Å². The van der Waals surface area contributed by atoms with E-state index < -0.39 is 0 Å². The maximum atomic E-state index is 12.0. The molecule has 0 aromatic heterocycles. The molecule has 220 valence electrons. The lowest BCUT2D eigenvalue weighted by atomic mass is 9.80. The van der Waals surface area contributed by atoms with Gasteiger partial charge in [0, 0.05) is 43.5 Å². The van der Waals surface area contributed by atoms with E-state index in [1.165, 1.54) is 33.7 Å². The average Bonchev–Trinajstić information content (AvgIpc) is 3.38. The highest BCUT2D eigenvalue weighted by Crippen LogP contribution is 2.32. The third-order valence-corrected chi connectivity index (χ3v) is 9.05. The fraction of sp³-hybridized carbons (Fsp3) is 0.724. The second-order valence-corrected chi connectivity index (χ2v) is 11.6. The monoisotopic (exact) mass is 582 g/mol. The molecule has 1 saturated heterocycles. The summed E-state index contributed by atoms with van der Waals surface area (Å²) >= 11 is 4.99. The molecule has 0 spiro atoms. The molecular formula is C29H46N2O6S2. The largest absolute Gasteiger partial charge is 0.300 e. The van der Waals surface area contributed by atoms with Gasteiger partial charge in [-0.05, 0) is 89.6 Å². The Balaban J connectivity index is 0.000000360. The molecule has 0 radical (unpaired) electrons. The van der Waals surface area contributed by atoms with Crippen LogP contribution in [0.1, 0.15) is 79.1 Å². The Bertz CT molecular complexity index is 903. The highest BCUT2D eigenvalue weighted by molar-refractivity contribution is 8.00. The van der Waals surface area contributed by atoms with Gasteiger partial charge in [0.15, 0.2) is 0 Å². The van der Waals surface area contributed by atoms with E-state index in [0.717, 1.165) is 51.4 Å². The van der Waals surface area contributed by atoms with Crippen LogP contribution in [0.25, 0.3) is 0 Å². The Morgan fingerprint density at radius 1 is 0.769 bits per heavy atom. The van der Waals surface area contributed by atoms with Crippen molar-refractivity contribution in [3.05, 3.63) is 12.2 Å². The molecule has 0 aromatic carbocycles. The number of thioether (sulfide) groups is 1. The second kappa shape index (κ2) is 17.0. The summed E-state index contributed by atoms with van der Waals surface area (Å²) in [6.07, 6.45) is 13.9. The molecule has 4 aliphatic rings. The smallest absolute Gasteiger partial charge is 0.253 e. The van der Waals surface area contributed by atoms with Crippen molar-refractivity contribution in [3.8, 4) is 0 Å². The number of carbonyl (C=O) groups excluding carboxylic acids is 6. The van der Waals surface area contributed by atoms with Crippen LogP contribution in [0.2, 0.25) is 0 Å². The van der Waals surface area contributed by atoms with Gasteiger partial charge in [-0.2, -0.15) is 24.4 Å². The minimum Gasteiger partial charge on any atom is -0.300 e. The Morgan fingerprint density at radius 3 is 1.49 bits per heavy atom. The van der Waals surface area contributed by atoms with Gasteiger partial charge in [-0.25, -0.2) is 0 Å². The van der Waals surface area contributed by atoms with Gasteiger partial charge in [0.1, 0.15) is 11.6 Å². The number of hydrogen-bond donors (Lipinski definition) is 1. The molecule has 4 amide bonds. The molecule has 8 nitrogen and oxygen atoms in total. The van der Waals surface area contributed by atoms with Crippen molar-refractivity contribution in [2.24, 2.45) is 23.7 Å². The lowest BCUT2D eigenvalue weighted by molar-refractivity contribution is -0.140. The molecule has 2 heterocycles. The molecule has 1 atom stereocenters. The predicted octanol–water partition coefficient (Wildman–Crippen LogP) is 4.36. The number of thiol groups is 1. The van der Waals surface area contributed by atoms with Crippen LogP contribution in [-0.2, 0) is 28.8 Å². The van der Waals surface area contributed by atoms with Crippen LogP contribution >= 0.6 is 24.4 Å². The number of nitrogens with zero attached hydrogens (tertiary/aromatic N) is 2. The number of Topliss-reactive ketones (excluding diaryl/α,β-unsaturated/α-hetero) is 2. The number of carbonyl (C=O) groups is 6. The number of hydrogen-bond acceptors (Lipinski definition) is 8. The summed E-state index contributed by atoms with van der Waals surface area (Å²) in [6.45, 7) is 4.36. The van der Waals surface area contributed by atoms with Crippen LogP contribution in [0.3, 0.4) is 0 Å². The summed E-state index contributed by atoms with van der Waals surface area (Å²) in [7, 11) is 0. The molecule has 0 N–H and O–H groups in total. The standard InChI is InChI=1S/C14H21NO3S.C13H17NO3.CH4S.CH4/c1-9(16)11-5-3-10(4-6-11)8-15-13(17)7-12(19-2)14(15)18;1-9(15)11-4-2-10(3-5-11)8-14-12(16)6-7-13(14)17;1-2;/h10-12H,3-8H2,1-2H3;6-7,10-11H,2-5,8H2,1H3;2H,1H3;1H4. The number of amides is 4. The van der Waals surface area contributed by atoms with Crippen LogP contribution < -0.4 is 0 Å². The summed E-state index contributed by atoms with van der Waals surface area (Å²) in [5, 5.41) is -0.180. The number of ketones is 2. The van der Waals surface area contributed by atoms with Gasteiger partial charge in [-0.1, -0.05) is 7.43 Å². The zero-order valence-electron chi connectivity index (χ0n) is 23.0.